The normalized spacial score (nSPS) is 10.2. The van der Waals surface area contributed by atoms with Gasteiger partial charge in [0.15, 0.2) is 5.76 Å². The van der Waals surface area contributed by atoms with Crippen molar-refractivity contribution in [1.29, 1.82) is 0 Å². The highest BCUT2D eigenvalue weighted by molar-refractivity contribution is 9.10. The van der Waals surface area contributed by atoms with Crippen LogP contribution in [-0.4, -0.2) is 26.0 Å². The van der Waals surface area contributed by atoms with Gasteiger partial charge >= 0.3 is 0 Å². The molecule has 144 valence electrons. The molecule has 0 saturated carbocycles. The largest absolute Gasteiger partial charge is 0.496 e. The van der Waals surface area contributed by atoms with Gasteiger partial charge in [-0.25, -0.2) is 0 Å². The first-order valence-corrected chi connectivity index (χ1v) is 8.99. The smallest absolute Gasteiger partial charge is 0.291 e. The predicted molar refractivity (Wildman–Crippen MR) is 108 cm³/mol. The second-order valence-corrected chi connectivity index (χ2v) is 6.56. The van der Waals surface area contributed by atoms with Gasteiger partial charge in [-0.3, -0.25) is 9.59 Å². The van der Waals surface area contributed by atoms with Crippen LogP contribution in [0.4, 0.5) is 11.4 Å². The number of ether oxygens (including phenoxy) is 2. The topological polar surface area (TPSA) is 89.8 Å². The molecular formula is C20H17BrN2O5. The fraction of sp³-hybridized carbons (Fsp3) is 0.100. The van der Waals surface area contributed by atoms with Crippen LogP contribution in [0.15, 0.2) is 63.7 Å². The number of rotatable bonds is 6. The number of nitrogens with one attached hydrogen (secondary N) is 2. The molecule has 0 aliphatic heterocycles. The molecule has 0 bridgehead atoms. The van der Waals surface area contributed by atoms with E-state index in [9.17, 15) is 9.59 Å². The van der Waals surface area contributed by atoms with Gasteiger partial charge in [-0.2, -0.15) is 0 Å². The molecule has 0 aliphatic carbocycles. The third-order valence-electron chi connectivity index (χ3n) is 3.86. The maximum atomic E-state index is 12.8. The quantitative estimate of drug-likeness (QED) is 0.581. The molecule has 8 heteroatoms. The molecule has 2 amide bonds. The minimum absolute atomic E-state index is 0.181. The molecule has 0 spiro atoms. The Morgan fingerprint density at radius 3 is 2.36 bits per heavy atom. The average Bonchev–Trinajstić information content (AvgIpc) is 3.23. The number of anilines is 2. The van der Waals surface area contributed by atoms with Crippen LogP contribution in [-0.2, 0) is 0 Å². The van der Waals surface area contributed by atoms with Crippen molar-refractivity contribution in [3.8, 4) is 11.5 Å². The summed E-state index contributed by atoms with van der Waals surface area (Å²) in [4.78, 5) is 24.9. The van der Waals surface area contributed by atoms with Crippen molar-refractivity contribution >= 4 is 39.1 Å². The van der Waals surface area contributed by atoms with Gasteiger partial charge in [0.1, 0.15) is 11.5 Å². The zero-order chi connectivity index (χ0) is 20.1. The van der Waals surface area contributed by atoms with Crippen LogP contribution in [0.3, 0.4) is 0 Å². The van der Waals surface area contributed by atoms with Crippen LogP contribution in [0.5, 0.6) is 11.5 Å². The van der Waals surface area contributed by atoms with Crippen molar-refractivity contribution in [3.05, 3.63) is 70.6 Å². The molecule has 3 rings (SSSR count). The number of carbonyl (C=O) groups excluding carboxylic acids is 2. The van der Waals surface area contributed by atoms with Crippen molar-refractivity contribution in [2.75, 3.05) is 24.9 Å². The third kappa shape index (κ3) is 4.34. The summed E-state index contributed by atoms with van der Waals surface area (Å²) in [6.45, 7) is 0. The maximum Gasteiger partial charge on any atom is 0.291 e. The van der Waals surface area contributed by atoms with Gasteiger partial charge < -0.3 is 24.5 Å². The van der Waals surface area contributed by atoms with E-state index in [-0.39, 0.29) is 11.7 Å². The number of amides is 2. The van der Waals surface area contributed by atoms with Gasteiger partial charge in [-0.05, 0) is 48.5 Å². The SMILES string of the molecule is COc1ccc(NC(=O)c2ccco2)cc1NC(=O)c1cc(Br)ccc1OC. The molecule has 0 radical (unpaired) electrons. The summed E-state index contributed by atoms with van der Waals surface area (Å²) in [7, 11) is 2.98. The molecule has 0 aliphatic rings. The summed E-state index contributed by atoms with van der Waals surface area (Å²) in [6, 6.07) is 13.2. The molecule has 0 fully saturated rings. The van der Waals surface area contributed by atoms with Crippen molar-refractivity contribution in [3.63, 3.8) is 0 Å². The molecule has 2 N–H and O–H groups in total. The number of methoxy groups -OCH3 is 2. The number of furan rings is 1. The van der Waals surface area contributed by atoms with Crippen LogP contribution < -0.4 is 20.1 Å². The monoisotopic (exact) mass is 444 g/mol. The summed E-state index contributed by atoms with van der Waals surface area (Å²) in [5, 5.41) is 5.50. The van der Waals surface area contributed by atoms with Gasteiger partial charge in [0.2, 0.25) is 0 Å². The standard InChI is InChI=1S/C20H17BrN2O5/c1-26-16-7-5-12(21)10-14(16)19(24)23-15-11-13(6-8-17(15)27-2)22-20(25)18-4-3-9-28-18/h3-11H,1-2H3,(H,22,25)(H,23,24). The highest BCUT2D eigenvalue weighted by Crippen LogP contribution is 2.30. The first-order valence-electron chi connectivity index (χ1n) is 8.19. The minimum atomic E-state index is -0.402. The lowest BCUT2D eigenvalue weighted by molar-refractivity contribution is 0.0994. The predicted octanol–water partition coefficient (Wildman–Crippen LogP) is 4.56. The van der Waals surface area contributed by atoms with Crippen molar-refractivity contribution in [2.24, 2.45) is 0 Å². The molecule has 7 nitrogen and oxygen atoms in total. The van der Waals surface area contributed by atoms with E-state index in [2.05, 4.69) is 26.6 Å². The summed E-state index contributed by atoms with van der Waals surface area (Å²) < 4.78 is 16.4. The van der Waals surface area contributed by atoms with E-state index in [4.69, 9.17) is 13.9 Å². The Bertz CT molecular complexity index is 1000. The average molecular weight is 445 g/mol. The zero-order valence-electron chi connectivity index (χ0n) is 15.1. The fourth-order valence-corrected chi connectivity index (χ4v) is 2.89. The number of carbonyl (C=O) groups is 2. The minimum Gasteiger partial charge on any atom is -0.496 e. The molecule has 0 saturated heterocycles. The van der Waals surface area contributed by atoms with E-state index in [1.165, 1.54) is 20.5 Å². The first-order chi connectivity index (χ1) is 13.5. The Balaban J connectivity index is 1.85. The lowest BCUT2D eigenvalue weighted by atomic mass is 10.1. The zero-order valence-corrected chi connectivity index (χ0v) is 16.7. The number of hydrogen-bond donors (Lipinski definition) is 2. The van der Waals surface area contributed by atoms with Gasteiger partial charge in [-0.1, -0.05) is 15.9 Å². The number of hydrogen-bond acceptors (Lipinski definition) is 5. The Hall–Kier alpha value is -3.26. The summed E-state index contributed by atoms with van der Waals surface area (Å²) in [5.41, 5.74) is 1.22. The first kappa shape index (κ1) is 19.5. The molecule has 1 heterocycles. The molecule has 2 aromatic carbocycles. The summed E-state index contributed by atoms with van der Waals surface area (Å²) in [5.74, 6) is 0.271. The van der Waals surface area contributed by atoms with E-state index < -0.39 is 5.91 Å². The van der Waals surface area contributed by atoms with Crippen molar-refractivity contribution in [2.45, 2.75) is 0 Å². The van der Waals surface area contributed by atoms with E-state index in [0.717, 1.165) is 4.47 Å². The Labute approximate surface area is 169 Å². The molecule has 0 unspecified atom stereocenters. The lowest BCUT2D eigenvalue weighted by Gasteiger charge is -2.14. The Morgan fingerprint density at radius 1 is 0.929 bits per heavy atom. The summed E-state index contributed by atoms with van der Waals surface area (Å²) in [6.07, 6.45) is 1.42. The van der Waals surface area contributed by atoms with E-state index in [1.54, 1.807) is 48.5 Å². The number of halogens is 1. The Morgan fingerprint density at radius 2 is 1.68 bits per heavy atom. The second-order valence-electron chi connectivity index (χ2n) is 5.65. The number of benzene rings is 2. The molecule has 0 atom stereocenters. The van der Waals surface area contributed by atoms with E-state index in [0.29, 0.717) is 28.4 Å². The van der Waals surface area contributed by atoms with Crippen LogP contribution in [0.1, 0.15) is 20.9 Å². The summed E-state index contributed by atoms with van der Waals surface area (Å²) >= 11 is 3.35. The van der Waals surface area contributed by atoms with Gasteiger partial charge in [0.05, 0.1) is 31.7 Å². The van der Waals surface area contributed by atoms with E-state index >= 15 is 0 Å². The second kappa shape index (κ2) is 8.62. The van der Waals surface area contributed by atoms with Crippen molar-refractivity contribution < 1.29 is 23.5 Å². The van der Waals surface area contributed by atoms with E-state index in [1.807, 2.05) is 0 Å². The fourth-order valence-electron chi connectivity index (χ4n) is 2.53. The van der Waals surface area contributed by atoms with Gasteiger partial charge in [0, 0.05) is 10.2 Å². The molecule has 28 heavy (non-hydrogen) atoms. The maximum absolute atomic E-state index is 12.8. The van der Waals surface area contributed by atoms with Crippen LogP contribution in [0.25, 0.3) is 0 Å². The molecular weight excluding hydrogens is 428 g/mol. The molecule has 1 aromatic heterocycles. The van der Waals surface area contributed by atoms with Crippen LogP contribution in [0, 0.1) is 0 Å². The highest BCUT2D eigenvalue weighted by Gasteiger charge is 2.16. The van der Waals surface area contributed by atoms with Crippen LogP contribution >= 0.6 is 15.9 Å². The lowest BCUT2D eigenvalue weighted by Crippen LogP contribution is -2.15. The van der Waals surface area contributed by atoms with Gasteiger partial charge in [0.25, 0.3) is 11.8 Å². The van der Waals surface area contributed by atoms with Gasteiger partial charge in [-0.15, -0.1) is 0 Å². The van der Waals surface area contributed by atoms with Crippen molar-refractivity contribution in [1.82, 2.24) is 0 Å². The highest BCUT2D eigenvalue weighted by atomic mass is 79.9. The Kier molecular flexibility index (Phi) is 6.00. The molecule has 3 aromatic rings. The third-order valence-corrected chi connectivity index (χ3v) is 4.35. The van der Waals surface area contributed by atoms with Crippen LogP contribution in [0.2, 0.25) is 0 Å².